The number of imide groups is 1. The van der Waals surface area contributed by atoms with Gasteiger partial charge in [-0.05, 0) is 61.7 Å². The molecule has 2 atom stereocenters. The first-order valence-electron chi connectivity index (χ1n) is 11.8. The van der Waals surface area contributed by atoms with Crippen LogP contribution in [0.4, 0.5) is 0 Å². The number of hydrogen-bond donors (Lipinski definition) is 1. The molecule has 0 aliphatic carbocycles. The van der Waals surface area contributed by atoms with Gasteiger partial charge in [-0.1, -0.05) is 11.6 Å². The fraction of sp³-hybridized carbons (Fsp3) is 0.423. The van der Waals surface area contributed by atoms with Crippen molar-refractivity contribution in [2.75, 3.05) is 13.1 Å². The van der Waals surface area contributed by atoms with Crippen LogP contribution in [0.2, 0.25) is 5.02 Å². The zero-order valence-corrected chi connectivity index (χ0v) is 21.3. The molecule has 5 rings (SSSR count). The molecule has 0 spiro atoms. The summed E-state index contributed by atoms with van der Waals surface area (Å²) in [4.78, 5) is 33.7. The van der Waals surface area contributed by atoms with Crippen molar-refractivity contribution in [2.45, 2.75) is 58.8 Å². The minimum atomic E-state index is -0.0946. The summed E-state index contributed by atoms with van der Waals surface area (Å²) >= 11 is 8.15. The number of carbonyl (C=O) groups is 2. The van der Waals surface area contributed by atoms with Crippen LogP contribution in [0, 0.1) is 6.92 Å². The van der Waals surface area contributed by atoms with E-state index in [0.29, 0.717) is 36.5 Å². The van der Waals surface area contributed by atoms with Crippen molar-refractivity contribution in [2.24, 2.45) is 0 Å². The lowest BCUT2D eigenvalue weighted by molar-refractivity contribution is -0.138. The van der Waals surface area contributed by atoms with Crippen LogP contribution < -0.4 is 5.32 Å². The number of thiophene rings is 1. The van der Waals surface area contributed by atoms with Crippen LogP contribution in [0.15, 0.2) is 30.5 Å². The molecule has 2 aliphatic heterocycles. The summed E-state index contributed by atoms with van der Waals surface area (Å²) in [7, 11) is 0. The maximum atomic E-state index is 12.1. The molecule has 0 bridgehead atoms. The predicted molar refractivity (Wildman–Crippen MR) is 137 cm³/mol. The molecule has 1 N–H and O–H groups in total. The van der Waals surface area contributed by atoms with Gasteiger partial charge in [0.1, 0.15) is 0 Å². The van der Waals surface area contributed by atoms with Crippen molar-refractivity contribution in [3.63, 3.8) is 0 Å². The van der Waals surface area contributed by atoms with Gasteiger partial charge in [-0.3, -0.25) is 24.4 Å². The number of amides is 2. The third kappa shape index (κ3) is 4.62. The highest BCUT2D eigenvalue weighted by Crippen LogP contribution is 2.39. The molecular weight excluding hydrogens is 468 g/mol. The maximum Gasteiger partial charge on any atom is 0.230 e. The third-order valence-electron chi connectivity index (χ3n) is 6.67. The number of nitrogens with one attached hydrogen (secondary N) is 1. The number of rotatable bonds is 5. The average Bonchev–Trinajstić information content (AvgIpc) is 3.32. The van der Waals surface area contributed by atoms with Gasteiger partial charge in [0, 0.05) is 66.2 Å². The number of benzene rings is 1. The van der Waals surface area contributed by atoms with Crippen molar-refractivity contribution < 1.29 is 9.59 Å². The van der Waals surface area contributed by atoms with Crippen LogP contribution in [0.1, 0.15) is 42.7 Å². The highest BCUT2D eigenvalue weighted by Gasteiger charge is 2.29. The largest absolute Gasteiger partial charge is 0.309 e. The van der Waals surface area contributed by atoms with Crippen molar-refractivity contribution in [1.82, 2.24) is 20.1 Å². The van der Waals surface area contributed by atoms with Crippen LogP contribution in [0.3, 0.4) is 0 Å². The Labute approximate surface area is 208 Å². The van der Waals surface area contributed by atoms with Crippen molar-refractivity contribution in [3.8, 4) is 11.1 Å². The predicted octanol–water partition coefficient (Wildman–Crippen LogP) is 4.76. The summed E-state index contributed by atoms with van der Waals surface area (Å²) in [6.45, 7) is 9.75. The molecule has 0 radical (unpaired) electrons. The molecule has 6 nitrogen and oxygen atoms in total. The van der Waals surface area contributed by atoms with E-state index in [4.69, 9.17) is 11.6 Å². The van der Waals surface area contributed by atoms with Gasteiger partial charge in [-0.15, -0.1) is 11.3 Å². The highest BCUT2D eigenvalue weighted by molar-refractivity contribution is 7.19. The maximum absolute atomic E-state index is 12.1. The number of hydrogen-bond acceptors (Lipinski definition) is 6. The first-order chi connectivity index (χ1) is 16.3. The Morgan fingerprint density at radius 2 is 1.76 bits per heavy atom. The zero-order valence-electron chi connectivity index (χ0n) is 19.7. The number of piperazine rings is 1. The molecule has 2 unspecified atom stereocenters. The molecule has 0 saturated carbocycles. The summed E-state index contributed by atoms with van der Waals surface area (Å²) < 4.78 is 1.06. The minimum Gasteiger partial charge on any atom is -0.309 e. The molecule has 2 fully saturated rings. The molecule has 34 heavy (non-hydrogen) atoms. The fourth-order valence-electron chi connectivity index (χ4n) is 5.25. The summed E-state index contributed by atoms with van der Waals surface area (Å²) in [6, 6.07) is 9.04. The van der Waals surface area contributed by atoms with Gasteiger partial charge in [-0.2, -0.15) is 0 Å². The van der Waals surface area contributed by atoms with Crippen LogP contribution >= 0.6 is 22.9 Å². The number of nitrogens with zero attached hydrogens (tertiary/aromatic N) is 3. The van der Waals surface area contributed by atoms with Crippen LogP contribution in [-0.4, -0.2) is 51.8 Å². The van der Waals surface area contributed by atoms with Crippen LogP contribution in [-0.2, 0) is 22.7 Å². The SMILES string of the molecule is Cc1cc(Cl)cc(-c2ccnc3cc(CN4C(=O)CCC4=O)sc23)c1CN1CC(C)NC(C)C1. The molecule has 1 aromatic carbocycles. The Morgan fingerprint density at radius 3 is 2.47 bits per heavy atom. The van der Waals surface area contributed by atoms with Crippen LogP contribution in [0.25, 0.3) is 21.3 Å². The van der Waals surface area contributed by atoms with Gasteiger partial charge in [0.05, 0.1) is 16.8 Å². The van der Waals surface area contributed by atoms with Gasteiger partial charge in [-0.25, -0.2) is 0 Å². The Hall–Kier alpha value is -2.32. The van der Waals surface area contributed by atoms with E-state index in [9.17, 15) is 9.59 Å². The van der Waals surface area contributed by atoms with Gasteiger partial charge in [0.25, 0.3) is 0 Å². The smallest absolute Gasteiger partial charge is 0.230 e. The van der Waals surface area contributed by atoms with E-state index < -0.39 is 0 Å². The van der Waals surface area contributed by atoms with E-state index >= 15 is 0 Å². The molecule has 8 heteroatoms. The van der Waals surface area contributed by atoms with Gasteiger partial charge < -0.3 is 5.32 Å². The Morgan fingerprint density at radius 1 is 1.06 bits per heavy atom. The second-order valence-electron chi connectivity index (χ2n) is 9.57. The molecule has 3 aromatic rings. The number of carbonyl (C=O) groups excluding carboxylic acids is 2. The quantitative estimate of drug-likeness (QED) is 0.516. The Balaban J connectivity index is 1.53. The number of aromatic nitrogens is 1. The molecule has 2 aromatic heterocycles. The average molecular weight is 497 g/mol. The van der Waals surface area contributed by atoms with E-state index in [2.05, 4.69) is 42.0 Å². The summed E-state index contributed by atoms with van der Waals surface area (Å²) in [5, 5.41) is 4.32. The molecular formula is C26H29ClN4O2S. The summed E-state index contributed by atoms with van der Waals surface area (Å²) in [5.74, 6) is -0.189. The highest BCUT2D eigenvalue weighted by atomic mass is 35.5. The number of aryl methyl sites for hydroxylation is 1. The Bertz CT molecular complexity index is 1250. The Kier molecular flexibility index (Phi) is 6.46. The fourth-order valence-corrected chi connectivity index (χ4v) is 6.65. The van der Waals surface area contributed by atoms with E-state index in [1.54, 1.807) is 11.3 Å². The second-order valence-corrected chi connectivity index (χ2v) is 11.1. The monoisotopic (exact) mass is 496 g/mol. The molecule has 2 aliphatic rings. The molecule has 2 saturated heterocycles. The van der Waals surface area contributed by atoms with Gasteiger partial charge >= 0.3 is 0 Å². The molecule has 2 amide bonds. The lowest BCUT2D eigenvalue weighted by atomic mass is 9.95. The molecule has 178 valence electrons. The van der Waals surface area contributed by atoms with Crippen LogP contribution in [0.5, 0.6) is 0 Å². The summed E-state index contributed by atoms with van der Waals surface area (Å²) in [6.07, 6.45) is 2.44. The molecule has 4 heterocycles. The topological polar surface area (TPSA) is 65.5 Å². The van der Waals surface area contributed by atoms with E-state index in [1.165, 1.54) is 16.0 Å². The minimum absolute atomic E-state index is 0.0946. The van der Waals surface area contributed by atoms with Crippen molar-refractivity contribution in [3.05, 3.63) is 51.5 Å². The standard InChI is InChI=1S/C26H29ClN4O2S/c1-15-8-18(27)9-21(22(15)14-30-11-16(2)29-17(3)12-30)20-6-7-28-23-10-19(34-26(20)23)13-31-24(32)4-5-25(31)33/h6-10,16-17,29H,4-5,11-14H2,1-3H3. The first-order valence-corrected chi connectivity index (χ1v) is 13.0. The first kappa shape index (κ1) is 23.4. The van der Waals surface area contributed by atoms with E-state index in [0.717, 1.165) is 45.9 Å². The van der Waals surface area contributed by atoms with E-state index in [1.807, 2.05) is 24.4 Å². The zero-order chi connectivity index (χ0) is 24.0. The van der Waals surface area contributed by atoms with Crippen molar-refractivity contribution in [1.29, 1.82) is 0 Å². The number of pyridine rings is 1. The number of fused-ring (bicyclic) bond motifs is 1. The van der Waals surface area contributed by atoms with Crippen molar-refractivity contribution >= 4 is 45.0 Å². The number of likely N-dealkylation sites (tertiary alicyclic amines) is 1. The lowest BCUT2D eigenvalue weighted by Gasteiger charge is -2.36. The number of halogens is 1. The van der Waals surface area contributed by atoms with Gasteiger partial charge in [0.15, 0.2) is 0 Å². The second kappa shape index (κ2) is 9.38. The third-order valence-corrected chi connectivity index (χ3v) is 8.04. The lowest BCUT2D eigenvalue weighted by Crippen LogP contribution is -2.53. The van der Waals surface area contributed by atoms with Gasteiger partial charge in [0.2, 0.25) is 11.8 Å². The normalized spacial score (nSPS) is 21.7. The van der Waals surface area contributed by atoms with E-state index in [-0.39, 0.29) is 11.8 Å². The summed E-state index contributed by atoms with van der Waals surface area (Å²) in [5.41, 5.74) is 5.55.